The Morgan fingerprint density at radius 3 is 2.86 bits per heavy atom. The predicted octanol–water partition coefficient (Wildman–Crippen LogP) is 2.49. The second-order valence-corrected chi connectivity index (χ2v) is 5.15. The first-order chi connectivity index (χ1) is 10.6. The first kappa shape index (κ1) is 14.5. The molecular formula is C14H14ClN5O2. The average Bonchev–Trinajstić information content (AvgIpc) is 3.08. The molecule has 0 fully saturated rings. The highest BCUT2D eigenvalue weighted by Crippen LogP contribution is 2.21. The van der Waals surface area contributed by atoms with Crippen LogP contribution in [0.1, 0.15) is 28.5 Å². The van der Waals surface area contributed by atoms with Gasteiger partial charge < -0.3 is 4.74 Å². The molecule has 1 aromatic carbocycles. The van der Waals surface area contributed by atoms with Gasteiger partial charge in [0.05, 0.1) is 5.69 Å². The summed E-state index contributed by atoms with van der Waals surface area (Å²) in [7, 11) is 0. The standard InChI is InChI=1S/C14H14ClN5O2/c1-3-20-13(15)12(8(2)18-20)14(21)22-7-9-4-5-10-11(6-9)17-19-16-10/h4-6H,3,7H2,1-2H3,(H,16,17,19). The van der Waals surface area contributed by atoms with Gasteiger partial charge in [0.15, 0.2) is 0 Å². The van der Waals surface area contributed by atoms with Gasteiger partial charge in [0.25, 0.3) is 0 Å². The third-order valence-electron chi connectivity index (χ3n) is 3.32. The lowest BCUT2D eigenvalue weighted by atomic mass is 10.2. The highest BCUT2D eigenvalue weighted by molar-refractivity contribution is 6.32. The van der Waals surface area contributed by atoms with E-state index < -0.39 is 5.97 Å². The number of carbonyl (C=O) groups excluding carboxylic acids is 1. The van der Waals surface area contributed by atoms with Gasteiger partial charge in [-0.3, -0.25) is 4.68 Å². The number of rotatable bonds is 4. The van der Waals surface area contributed by atoms with Crippen LogP contribution >= 0.6 is 11.6 Å². The largest absolute Gasteiger partial charge is 0.457 e. The minimum atomic E-state index is -0.484. The van der Waals surface area contributed by atoms with E-state index >= 15 is 0 Å². The van der Waals surface area contributed by atoms with Crippen molar-refractivity contribution in [1.82, 2.24) is 25.2 Å². The molecule has 114 valence electrons. The van der Waals surface area contributed by atoms with E-state index in [9.17, 15) is 4.79 Å². The van der Waals surface area contributed by atoms with Crippen LogP contribution in [0.3, 0.4) is 0 Å². The Balaban J connectivity index is 1.75. The Hall–Kier alpha value is -2.41. The predicted molar refractivity (Wildman–Crippen MR) is 80.7 cm³/mol. The molecule has 3 rings (SSSR count). The summed E-state index contributed by atoms with van der Waals surface area (Å²) < 4.78 is 6.89. The number of nitrogens with zero attached hydrogens (tertiary/aromatic N) is 4. The summed E-state index contributed by atoms with van der Waals surface area (Å²) in [5.41, 5.74) is 3.18. The van der Waals surface area contributed by atoms with Gasteiger partial charge in [0, 0.05) is 6.54 Å². The molecule has 0 radical (unpaired) electrons. The highest BCUT2D eigenvalue weighted by atomic mass is 35.5. The third-order valence-corrected chi connectivity index (χ3v) is 3.70. The van der Waals surface area contributed by atoms with Gasteiger partial charge in [-0.1, -0.05) is 17.7 Å². The fraction of sp³-hybridized carbons (Fsp3) is 0.286. The lowest BCUT2D eigenvalue weighted by Gasteiger charge is -2.05. The Bertz CT molecular complexity index is 839. The van der Waals surface area contributed by atoms with Crippen LogP contribution in [0, 0.1) is 6.92 Å². The summed E-state index contributed by atoms with van der Waals surface area (Å²) in [5.74, 6) is -0.484. The molecule has 2 heterocycles. The maximum Gasteiger partial charge on any atom is 0.343 e. The number of nitrogens with one attached hydrogen (secondary N) is 1. The van der Waals surface area contributed by atoms with Gasteiger partial charge in [-0.15, -0.1) is 0 Å². The minimum Gasteiger partial charge on any atom is -0.457 e. The zero-order valence-corrected chi connectivity index (χ0v) is 12.9. The van der Waals surface area contributed by atoms with E-state index in [0.717, 1.165) is 16.6 Å². The Morgan fingerprint density at radius 1 is 1.36 bits per heavy atom. The van der Waals surface area contributed by atoms with E-state index in [1.807, 2.05) is 25.1 Å². The number of aryl methyl sites for hydroxylation is 2. The van der Waals surface area contributed by atoms with Crippen LogP contribution in [-0.4, -0.2) is 31.2 Å². The quantitative estimate of drug-likeness (QED) is 0.747. The maximum atomic E-state index is 12.2. The summed E-state index contributed by atoms with van der Waals surface area (Å²) >= 11 is 6.15. The summed E-state index contributed by atoms with van der Waals surface area (Å²) in [6.07, 6.45) is 0. The topological polar surface area (TPSA) is 85.7 Å². The van der Waals surface area contributed by atoms with Crippen LogP contribution in [0.2, 0.25) is 5.15 Å². The van der Waals surface area contributed by atoms with E-state index in [1.54, 1.807) is 11.6 Å². The lowest BCUT2D eigenvalue weighted by molar-refractivity contribution is 0.0472. The summed E-state index contributed by atoms with van der Waals surface area (Å²) in [5, 5.41) is 15.0. The van der Waals surface area contributed by atoms with E-state index in [2.05, 4.69) is 20.5 Å². The molecule has 1 N–H and O–H groups in total. The van der Waals surface area contributed by atoms with Crippen LogP contribution in [-0.2, 0) is 17.9 Å². The summed E-state index contributed by atoms with van der Waals surface area (Å²) in [4.78, 5) is 12.2. The molecule has 3 aromatic rings. The fourth-order valence-corrected chi connectivity index (χ4v) is 2.56. The van der Waals surface area contributed by atoms with Gasteiger partial charge in [0.1, 0.15) is 28.4 Å². The van der Waals surface area contributed by atoms with Gasteiger partial charge in [-0.2, -0.15) is 20.5 Å². The third kappa shape index (κ3) is 2.55. The zero-order valence-electron chi connectivity index (χ0n) is 12.1. The molecule has 0 amide bonds. The van der Waals surface area contributed by atoms with Crippen molar-refractivity contribution in [3.05, 3.63) is 40.2 Å². The van der Waals surface area contributed by atoms with Crippen molar-refractivity contribution >= 4 is 28.6 Å². The number of esters is 1. The van der Waals surface area contributed by atoms with Crippen molar-refractivity contribution < 1.29 is 9.53 Å². The number of fused-ring (bicyclic) bond motifs is 1. The van der Waals surface area contributed by atoms with E-state index in [0.29, 0.717) is 23.0 Å². The smallest absolute Gasteiger partial charge is 0.343 e. The van der Waals surface area contributed by atoms with Crippen LogP contribution < -0.4 is 0 Å². The van der Waals surface area contributed by atoms with Crippen LogP contribution in [0.15, 0.2) is 18.2 Å². The Morgan fingerprint density at radius 2 is 2.14 bits per heavy atom. The van der Waals surface area contributed by atoms with Crippen molar-refractivity contribution in [3.63, 3.8) is 0 Å². The normalized spacial score (nSPS) is 11.0. The Labute approximate surface area is 131 Å². The number of aromatic amines is 1. The van der Waals surface area contributed by atoms with E-state index in [1.165, 1.54) is 0 Å². The molecule has 8 heteroatoms. The van der Waals surface area contributed by atoms with E-state index in [-0.39, 0.29) is 6.61 Å². The highest BCUT2D eigenvalue weighted by Gasteiger charge is 2.21. The van der Waals surface area contributed by atoms with Crippen molar-refractivity contribution in [2.45, 2.75) is 27.0 Å². The number of aromatic nitrogens is 5. The molecule has 0 spiro atoms. The second-order valence-electron chi connectivity index (χ2n) is 4.79. The second kappa shape index (κ2) is 5.76. The molecular weight excluding hydrogens is 306 g/mol. The Kier molecular flexibility index (Phi) is 3.81. The zero-order chi connectivity index (χ0) is 15.7. The number of halogens is 1. The van der Waals surface area contributed by atoms with Gasteiger partial charge in [-0.25, -0.2) is 4.79 Å². The molecule has 0 atom stereocenters. The van der Waals surface area contributed by atoms with Gasteiger partial charge in [-0.05, 0) is 31.5 Å². The molecule has 0 aliphatic heterocycles. The molecule has 0 bridgehead atoms. The number of hydrogen-bond acceptors (Lipinski definition) is 5. The van der Waals surface area contributed by atoms with Crippen LogP contribution in [0.4, 0.5) is 0 Å². The van der Waals surface area contributed by atoms with Crippen molar-refractivity contribution in [2.24, 2.45) is 0 Å². The SMILES string of the molecule is CCn1nc(C)c(C(=O)OCc2ccc3n[nH]nc3c2)c1Cl. The average molecular weight is 320 g/mol. The minimum absolute atomic E-state index is 0.134. The molecule has 2 aromatic heterocycles. The van der Waals surface area contributed by atoms with E-state index in [4.69, 9.17) is 16.3 Å². The van der Waals surface area contributed by atoms with Crippen LogP contribution in [0.25, 0.3) is 11.0 Å². The molecule has 7 nitrogen and oxygen atoms in total. The molecule has 22 heavy (non-hydrogen) atoms. The van der Waals surface area contributed by atoms with Gasteiger partial charge in [0.2, 0.25) is 0 Å². The summed E-state index contributed by atoms with van der Waals surface area (Å²) in [6, 6.07) is 5.47. The number of ether oxygens (including phenoxy) is 1. The van der Waals surface area contributed by atoms with Gasteiger partial charge >= 0.3 is 5.97 Å². The maximum absolute atomic E-state index is 12.2. The molecule has 0 saturated carbocycles. The number of carbonyl (C=O) groups is 1. The first-order valence-electron chi connectivity index (χ1n) is 6.79. The molecule has 0 unspecified atom stereocenters. The fourth-order valence-electron chi connectivity index (χ4n) is 2.19. The molecule has 0 aliphatic carbocycles. The number of H-pyrrole nitrogens is 1. The number of hydrogen-bond donors (Lipinski definition) is 1. The lowest BCUT2D eigenvalue weighted by Crippen LogP contribution is -2.07. The monoisotopic (exact) mass is 319 g/mol. The van der Waals surface area contributed by atoms with Crippen molar-refractivity contribution in [1.29, 1.82) is 0 Å². The van der Waals surface area contributed by atoms with Crippen molar-refractivity contribution in [2.75, 3.05) is 0 Å². The summed E-state index contributed by atoms with van der Waals surface area (Å²) in [6.45, 7) is 4.36. The first-order valence-corrected chi connectivity index (χ1v) is 7.17. The van der Waals surface area contributed by atoms with Crippen molar-refractivity contribution in [3.8, 4) is 0 Å². The number of benzene rings is 1. The molecule has 0 aliphatic rings. The van der Waals surface area contributed by atoms with Crippen LogP contribution in [0.5, 0.6) is 0 Å². The molecule has 0 saturated heterocycles.